The highest BCUT2D eigenvalue weighted by atomic mass is 127. The van der Waals surface area contributed by atoms with Gasteiger partial charge in [0.25, 0.3) is 0 Å². The number of unbranched alkanes of at least 4 members (excludes halogenated alkanes) is 1. The van der Waals surface area contributed by atoms with Crippen molar-refractivity contribution in [1.82, 2.24) is 20.4 Å². The third-order valence-corrected chi connectivity index (χ3v) is 4.21. The van der Waals surface area contributed by atoms with Crippen LogP contribution < -0.4 is 10.6 Å². The quantitative estimate of drug-likeness (QED) is 0.252. The number of nitrogens with zero attached hydrogens (tertiary/aromatic N) is 3. The Kier molecular flexibility index (Phi) is 11.5. The fourth-order valence-electron chi connectivity index (χ4n) is 2.38. The molecule has 1 heterocycles. The summed E-state index contributed by atoms with van der Waals surface area (Å²) >= 11 is 0. The Bertz CT molecular complexity index is 445. The summed E-state index contributed by atoms with van der Waals surface area (Å²) in [6, 6.07) is 0.819. The summed E-state index contributed by atoms with van der Waals surface area (Å²) in [6.07, 6.45) is 2.02. The monoisotopic (exact) mass is 483 g/mol. The van der Waals surface area contributed by atoms with Gasteiger partial charge in [0, 0.05) is 32.7 Å². The molecule has 1 saturated heterocycles. The average molecular weight is 483 g/mol. The predicted molar refractivity (Wildman–Crippen MR) is 119 cm³/mol. The highest BCUT2D eigenvalue weighted by Gasteiger charge is 2.34. The smallest absolute Gasteiger partial charge is 0.410 e. The van der Waals surface area contributed by atoms with Gasteiger partial charge in [-0.1, -0.05) is 0 Å². The topological polar surface area (TPSA) is 69.2 Å². The lowest BCUT2D eigenvalue weighted by atomic mass is 10.1. The van der Waals surface area contributed by atoms with Crippen LogP contribution in [0.3, 0.4) is 0 Å². The summed E-state index contributed by atoms with van der Waals surface area (Å²) in [7, 11) is 3.93. The van der Waals surface area contributed by atoms with Crippen LogP contribution in [0.5, 0.6) is 0 Å². The molecule has 2 N–H and O–H groups in total. The van der Waals surface area contributed by atoms with E-state index in [9.17, 15) is 4.79 Å². The summed E-state index contributed by atoms with van der Waals surface area (Å²) in [5, 5.41) is 6.69. The molecule has 1 rings (SSSR count). The summed E-state index contributed by atoms with van der Waals surface area (Å²) in [6.45, 7) is 13.4. The fraction of sp³-hybridized carbons (Fsp3) is 0.889. The molecule has 1 fully saturated rings. The molecule has 0 aromatic carbocycles. The summed E-state index contributed by atoms with van der Waals surface area (Å²) in [4.78, 5) is 20.2. The maximum absolute atomic E-state index is 11.9. The van der Waals surface area contributed by atoms with Crippen LogP contribution in [0.1, 0.15) is 47.5 Å². The van der Waals surface area contributed by atoms with Gasteiger partial charge < -0.3 is 25.2 Å². The van der Waals surface area contributed by atoms with Crippen LogP contribution in [0.2, 0.25) is 0 Å². The van der Waals surface area contributed by atoms with Crippen molar-refractivity contribution < 1.29 is 9.53 Å². The van der Waals surface area contributed by atoms with Gasteiger partial charge in [0.2, 0.25) is 0 Å². The van der Waals surface area contributed by atoms with Gasteiger partial charge in [-0.05, 0) is 61.1 Å². The standard InChI is InChI=1S/C18H37N5O2.HI/c1-14(2)22(7)11-9-8-10-20-16(19-6)21-15-12-23(13-15)17(24)25-18(3,4)5;/h14-15H,8-13H2,1-7H3,(H2,19,20,21);1H. The number of rotatable bonds is 7. The molecule has 154 valence electrons. The molecular weight excluding hydrogens is 445 g/mol. The average Bonchev–Trinajstić information content (AvgIpc) is 2.45. The van der Waals surface area contributed by atoms with Gasteiger partial charge in [-0.15, -0.1) is 24.0 Å². The van der Waals surface area contributed by atoms with Crippen molar-refractivity contribution in [3.8, 4) is 0 Å². The number of amides is 1. The number of carbonyl (C=O) groups excluding carboxylic acids is 1. The van der Waals surface area contributed by atoms with Crippen molar-refractivity contribution in [2.75, 3.05) is 40.3 Å². The van der Waals surface area contributed by atoms with Gasteiger partial charge in [-0.25, -0.2) is 4.79 Å². The van der Waals surface area contributed by atoms with Gasteiger partial charge in [-0.3, -0.25) is 4.99 Å². The van der Waals surface area contributed by atoms with Gasteiger partial charge in [0.15, 0.2) is 5.96 Å². The van der Waals surface area contributed by atoms with E-state index in [0.29, 0.717) is 19.1 Å². The second kappa shape index (κ2) is 11.8. The Morgan fingerprint density at radius 3 is 2.42 bits per heavy atom. The Balaban J connectivity index is 0.00000625. The van der Waals surface area contributed by atoms with Crippen molar-refractivity contribution in [3.05, 3.63) is 0 Å². The zero-order valence-electron chi connectivity index (χ0n) is 17.5. The molecule has 7 nitrogen and oxygen atoms in total. The highest BCUT2D eigenvalue weighted by molar-refractivity contribution is 14.0. The molecule has 1 aliphatic heterocycles. The molecule has 8 heteroatoms. The SMILES string of the molecule is CN=C(NCCCCN(C)C(C)C)NC1CN(C(=O)OC(C)(C)C)C1.I. The lowest BCUT2D eigenvalue weighted by Crippen LogP contribution is -2.63. The van der Waals surface area contributed by atoms with Gasteiger partial charge in [-0.2, -0.15) is 0 Å². The van der Waals surface area contributed by atoms with E-state index < -0.39 is 5.60 Å². The van der Waals surface area contributed by atoms with E-state index in [1.165, 1.54) is 0 Å². The molecule has 0 radical (unpaired) electrons. The molecule has 0 aromatic rings. The van der Waals surface area contributed by atoms with Crippen LogP contribution in [0.15, 0.2) is 4.99 Å². The number of ether oxygens (including phenoxy) is 1. The molecular formula is C18H38IN5O2. The maximum Gasteiger partial charge on any atom is 0.410 e. The third kappa shape index (κ3) is 9.80. The molecule has 0 bridgehead atoms. The number of likely N-dealkylation sites (tertiary alicyclic amines) is 1. The first-order valence-corrected chi connectivity index (χ1v) is 9.27. The maximum atomic E-state index is 11.9. The molecule has 0 unspecified atom stereocenters. The van der Waals surface area contributed by atoms with E-state index in [0.717, 1.165) is 31.9 Å². The summed E-state index contributed by atoms with van der Waals surface area (Å²) in [5.74, 6) is 0.797. The number of aliphatic imine (C=N–C) groups is 1. The number of hydrogen-bond acceptors (Lipinski definition) is 4. The fourth-order valence-corrected chi connectivity index (χ4v) is 2.38. The van der Waals surface area contributed by atoms with Crippen molar-refractivity contribution in [1.29, 1.82) is 0 Å². The van der Waals surface area contributed by atoms with Crippen molar-refractivity contribution in [2.45, 2.75) is 65.1 Å². The lowest BCUT2D eigenvalue weighted by molar-refractivity contribution is 0.00701. The number of guanidine groups is 1. The Morgan fingerprint density at radius 1 is 1.31 bits per heavy atom. The number of nitrogens with one attached hydrogen (secondary N) is 2. The number of halogens is 1. The van der Waals surface area contributed by atoms with E-state index >= 15 is 0 Å². The van der Waals surface area contributed by atoms with Crippen LogP contribution in [0.25, 0.3) is 0 Å². The molecule has 1 aliphatic rings. The minimum absolute atomic E-state index is 0. The third-order valence-electron chi connectivity index (χ3n) is 4.21. The second-order valence-electron chi connectivity index (χ2n) is 8.01. The molecule has 0 atom stereocenters. The van der Waals surface area contributed by atoms with E-state index in [-0.39, 0.29) is 36.1 Å². The summed E-state index contributed by atoms with van der Waals surface area (Å²) < 4.78 is 5.36. The van der Waals surface area contributed by atoms with Gasteiger partial charge >= 0.3 is 6.09 Å². The minimum atomic E-state index is -0.448. The van der Waals surface area contributed by atoms with E-state index in [4.69, 9.17) is 4.74 Å². The number of carbonyl (C=O) groups is 1. The van der Waals surface area contributed by atoms with Crippen LogP contribution in [0.4, 0.5) is 4.79 Å². The molecule has 0 spiro atoms. The van der Waals surface area contributed by atoms with E-state index in [2.05, 4.69) is 41.4 Å². The minimum Gasteiger partial charge on any atom is -0.444 e. The largest absolute Gasteiger partial charge is 0.444 e. The first-order valence-electron chi connectivity index (χ1n) is 9.27. The Morgan fingerprint density at radius 2 is 1.92 bits per heavy atom. The van der Waals surface area contributed by atoms with Crippen molar-refractivity contribution >= 4 is 36.0 Å². The zero-order valence-corrected chi connectivity index (χ0v) is 19.8. The van der Waals surface area contributed by atoms with Crippen LogP contribution in [0, 0.1) is 0 Å². The van der Waals surface area contributed by atoms with Gasteiger partial charge in [0.1, 0.15) is 5.60 Å². The normalized spacial score (nSPS) is 15.6. The molecule has 0 aliphatic carbocycles. The lowest BCUT2D eigenvalue weighted by Gasteiger charge is -2.40. The Hall–Kier alpha value is -0.770. The van der Waals surface area contributed by atoms with Crippen molar-refractivity contribution in [2.24, 2.45) is 4.99 Å². The predicted octanol–water partition coefficient (Wildman–Crippen LogP) is 2.51. The van der Waals surface area contributed by atoms with Crippen LogP contribution in [-0.2, 0) is 4.74 Å². The zero-order chi connectivity index (χ0) is 19.0. The highest BCUT2D eigenvalue weighted by Crippen LogP contribution is 2.15. The second-order valence-corrected chi connectivity index (χ2v) is 8.01. The van der Waals surface area contributed by atoms with Crippen molar-refractivity contribution in [3.63, 3.8) is 0 Å². The van der Waals surface area contributed by atoms with Crippen LogP contribution in [-0.4, -0.2) is 79.8 Å². The Labute approximate surface area is 176 Å². The first-order chi connectivity index (χ1) is 11.6. The molecule has 26 heavy (non-hydrogen) atoms. The number of hydrogen-bond donors (Lipinski definition) is 2. The molecule has 1 amide bonds. The van der Waals surface area contributed by atoms with Gasteiger partial charge in [0.05, 0.1) is 6.04 Å². The molecule has 0 saturated carbocycles. The van der Waals surface area contributed by atoms with E-state index in [1.54, 1.807) is 11.9 Å². The van der Waals surface area contributed by atoms with E-state index in [1.807, 2.05) is 20.8 Å². The summed E-state index contributed by atoms with van der Waals surface area (Å²) in [5.41, 5.74) is -0.448. The molecule has 0 aromatic heterocycles. The first kappa shape index (κ1) is 25.2. The van der Waals surface area contributed by atoms with Crippen LogP contribution >= 0.6 is 24.0 Å².